The van der Waals surface area contributed by atoms with E-state index in [-0.39, 0.29) is 11.9 Å². The largest absolute Gasteiger partial charge is 0.497 e. The van der Waals surface area contributed by atoms with E-state index in [0.717, 1.165) is 11.3 Å². The first-order valence-electron chi connectivity index (χ1n) is 7.97. The van der Waals surface area contributed by atoms with Crippen LogP contribution in [0.15, 0.2) is 59.8 Å². The highest BCUT2D eigenvalue weighted by Gasteiger charge is 2.29. The quantitative estimate of drug-likeness (QED) is 0.697. The van der Waals surface area contributed by atoms with E-state index in [1.54, 1.807) is 31.4 Å². The molecule has 0 unspecified atom stereocenters. The third kappa shape index (κ3) is 3.98. The van der Waals surface area contributed by atoms with Crippen molar-refractivity contribution in [2.75, 3.05) is 12.4 Å². The zero-order chi connectivity index (χ0) is 18.7. The number of amides is 1. The van der Waals surface area contributed by atoms with Gasteiger partial charge >= 0.3 is 0 Å². The van der Waals surface area contributed by atoms with E-state index in [1.165, 1.54) is 0 Å². The Morgan fingerprint density at radius 2 is 1.81 bits per heavy atom. The van der Waals surface area contributed by atoms with Crippen molar-refractivity contribution in [3.63, 3.8) is 0 Å². The van der Waals surface area contributed by atoms with Crippen molar-refractivity contribution < 1.29 is 9.53 Å². The summed E-state index contributed by atoms with van der Waals surface area (Å²) in [6, 6.07) is 14.1. The maximum atomic E-state index is 12.9. The highest BCUT2D eigenvalue weighted by Crippen LogP contribution is 2.29. The number of hydrogen-bond donors (Lipinski definition) is 3. The Balaban J connectivity index is 1.91. The Morgan fingerprint density at radius 1 is 1.15 bits per heavy atom. The predicted molar refractivity (Wildman–Crippen MR) is 107 cm³/mol. The number of methoxy groups -OCH3 is 1. The minimum Gasteiger partial charge on any atom is -0.497 e. The Bertz CT molecular complexity index is 863. The first-order valence-corrected chi connectivity index (χ1v) is 8.75. The lowest BCUT2D eigenvalue weighted by Crippen LogP contribution is -2.45. The summed E-state index contributed by atoms with van der Waals surface area (Å²) in [6.07, 6.45) is 0. The van der Waals surface area contributed by atoms with Gasteiger partial charge in [0, 0.05) is 16.4 Å². The molecule has 0 spiro atoms. The molecule has 0 radical (unpaired) electrons. The summed E-state index contributed by atoms with van der Waals surface area (Å²) in [6.45, 7) is 1.83. The Hall–Kier alpha value is -2.57. The van der Waals surface area contributed by atoms with E-state index < -0.39 is 0 Å². The lowest BCUT2D eigenvalue weighted by atomic mass is 9.95. The van der Waals surface area contributed by atoms with Crippen LogP contribution in [-0.4, -0.2) is 18.1 Å². The lowest BCUT2D eigenvalue weighted by Gasteiger charge is -2.30. The molecule has 1 heterocycles. The second-order valence-corrected chi connectivity index (χ2v) is 6.65. The first kappa shape index (κ1) is 18.2. The van der Waals surface area contributed by atoms with Crippen LogP contribution in [0.2, 0.25) is 5.02 Å². The molecule has 7 heteroatoms. The van der Waals surface area contributed by atoms with Crippen molar-refractivity contribution in [1.29, 1.82) is 0 Å². The van der Waals surface area contributed by atoms with Crippen LogP contribution in [0.4, 0.5) is 5.69 Å². The Kier molecular flexibility index (Phi) is 5.44. The maximum Gasteiger partial charge on any atom is 0.255 e. The van der Waals surface area contributed by atoms with E-state index in [2.05, 4.69) is 16.0 Å². The minimum atomic E-state index is -0.359. The maximum absolute atomic E-state index is 12.9. The molecule has 0 aromatic heterocycles. The zero-order valence-corrected chi connectivity index (χ0v) is 15.9. The molecule has 0 aliphatic carbocycles. The van der Waals surface area contributed by atoms with Gasteiger partial charge in [-0.3, -0.25) is 4.79 Å². The van der Waals surface area contributed by atoms with Crippen molar-refractivity contribution in [1.82, 2.24) is 10.6 Å². The number of thiocarbonyl (C=S) groups is 1. The number of nitrogens with one attached hydrogen (secondary N) is 3. The van der Waals surface area contributed by atoms with Crippen molar-refractivity contribution in [2.24, 2.45) is 0 Å². The van der Waals surface area contributed by atoms with E-state index in [0.29, 0.717) is 27.1 Å². The number of allylic oxidation sites excluding steroid dienone is 1. The fourth-order valence-electron chi connectivity index (χ4n) is 2.77. The Labute approximate surface area is 162 Å². The number of benzene rings is 2. The van der Waals surface area contributed by atoms with Crippen LogP contribution >= 0.6 is 23.8 Å². The monoisotopic (exact) mass is 387 g/mol. The van der Waals surface area contributed by atoms with E-state index >= 15 is 0 Å². The number of rotatable bonds is 4. The molecule has 2 aromatic rings. The summed E-state index contributed by atoms with van der Waals surface area (Å²) in [4.78, 5) is 12.9. The lowest BCUT2D eigenvalue weighted by molar-refractivity contribution is -0.113. The van der Waals surface area contributed by atoms with Gasteiger partial charge in [0.15, 0.2) is 5.11 Å². The summed E-state index contributed by atoms with van der Waals surface area (Å²) in [5.74, 6) is 0.534. The number of anilines is 1. The van der Waals surface area contributed by atoms with Gasteiger partial charge in [0.2, 0.25) is 0 Å². The number of ether oxygens (including phenoxy) is 1. The van der Waals surface area contributed by atoms with Gasteiger partial charge in [-0.2, -0.15) is 0 Å². The van der Waals surface area contributed by atoms with Gasteiger partial charge in [0.05, 0.1) is 18.7 Å². The van der Waals surface area contributed by atoms with Crippen LogP contribution in [0.1, 0.15) is 18.5 Å². The normalized spacial score (nSPS) is 16.6. The molecule has 5 nitrogen and oxygen atoms in total. The molecule has 3 rings (SSSR count). The van der Waals surface area contributed by atoms with Crippen molar-refractivity contribution in [2.45, 2.75) is 13.0 Å². The Morgan fingerprint density at radius 3 is 2.42 bits per heavy atom. The standard InChI is InChI=1S/C19H18ClN3O2S/c1-11-16(18(24)22-14-7-5-13(20)6-8-14)17(23-19(26)21-11)12-3-9-15(25-2)10-4-12/h3-10,17H,1-2H3,(H,22,24)(H2,21,23,26)/t17-/m0/s1. The van der Waals surface area contributed by atoms with Crippen LogP contribution in [0, 0.1) is 0 Å². The molecule has 1 amide bonds. The molecule has 0 fully saturated rings. The van der Waals surface area contributed by atoms with E-state index in [1.807, 2.05) is 31.2 Å². The molecular weight excluding hydrogens is 370 g/mol. The van der Waals surface area contributed by atoms with Crippen molar-refractivity contribution in [3.05, 3.63) is 70.4 Å². The summed E-state index contributed by atoms with van der Waals surface area (Å²) >= 11 is 11.2. The third-order valence-electron chi connectivity index (χ3n) is 4.06. The van der Waals surface area contributed by atoms with Gasteiger partial charge in [-0.05, 0) is 61.1 Å². The van der Waals surface area contributed by atoms with Crippen molar-refractivity contribution >= 4 is 40.5 Å². The highest BCUT2D eigenvalue weighted by atomic mass is 35.5. The molecule has 1 aliphatic heterocycles. The predicted octanol–water partition coefficient (Wildman–Crippen LogP) is 3.78. The number of carbonyl (C=O) groups is 1. The van der Waals surface area contributed by atoms with Gasteiger partial charge in [-0.25, -0.2) is 0 Å². The number of carbonyl (C=O) groups excluding carboxylic acids is 1. The van der Waals surface area contributed by atoms with Crippen LogP contribution in [0.3, 0.4) is 0 Å². The van der Waals surface area contributed by atoms with E-state index in [4.69, 9.17) is 28.6 Å². The van der Waals surface area contributed by atoms with Gasteiger partial charge in [-0.15, -0.1) is 0 Å². The molecule has 26 heavy (non-hydrogen) atoms. The van der Waals surface area contributed by atoms with Crippen LogP contribution in [0.5, 0.6) is 5.75 Å². The smallest absolute Gasteiger partial charge is 0.255 e. The highest BCUT2D eigenvalue weighted by molar-refractivity contribution is 7.80. The second kappa shape index (κ2) is 7.76. The zero-order valence-electron chi connectivity index (χ0n) is 14.3. The average molecular weight is 388 g/mol. The summed E-state index contributed by atoms with van der Waals surface area (Å²) in [5, 5.41) is 10.2. The number of hydrogen-bond acceptors (Lipinski definition) is 3. The van der Waals surface area contributed by atoms with Gasteiger partial charge in [0.25, 0.3) is 5.91 Å². The van der Waals surface area contributed by atoms with Gasteiger partial charge < -0.3 is 20.7 Å². The summed E-state index contributed by atoms with van der Waals surface area (Å²) < 4.78 is 5.20. The van der Waals surface area contributed by atoms with Gasteiger partial charge in [0.1, 0.15) is 5.75 Å². The summed E-state index contributed by atoms with van der Waals surface area (Å²) in [5.41, 5.74) is 2.86. The molecule has 3 N–H and O–H groups in total. The minimum absolute atomic E-state index is 0.215. The first-order chi connectivity index (χ1) is 12.5. The topological polar surface area (TPSA) is 62.4 Å². The fourth-order valence-corrected chi connectivity index (χ4v) is 3.17. The molecule has 1 atom stereocenters. The van der Waals surface area contributed by atoms with Crippen LogP contribution < -0.4 is 20.7 Å². The molecule has 0 saturated carbocycles. The molecule has 2 aromatic carbocycles. The number of halogens is 1. The SMILES string of the molecule is COc1ccc([C@@H]2NC(=S)NC(C)=C2C(=O)Nc2ccc(Cl)cc2)cc1. The van der Waals surface area contributed by atoms with Crippen molar-refractivity contribution in [3.8, 4) is 5.75 Å². The molecular formula is C19H18ClN3O2S. The molecule has 0 bridgehead atoms. The van der Waals surface area contributed by atoms with Gasteiger partial charge in [-0.1, -0.05) is 23.7 Å². The molecule has 134 valence electrons. The molecule has 1 aliphatic rings. The fraction of sp³-hybridized carbons (Fsp3) is 0.158. The third-order valence-corrected chi connectivity index (χ3v) is 4.54. The second-order valence-electron chi connectivity index (χ2n) is 5.80. The average Bonchev–Trinajstić information content (AvgIpc) is 2.63. The van der Waals surface area contributed by atoms with Crippen LogP contribution in [-0.2, 0) is 4.79 Å². The van der Waals surface area contributed by atoms with E-state index in [9.17, 15) is 4.79 Å². The summed E-state index contributed by atoms with van der Waals surface area (Å²) in [7, 11) is 1.61. The van der Waals surface area contributed by atoms with Crippen LogP contribution in [0.25, 0.3) is 0 Å². The molecule has 0 saturated heterocycles.